The van der Waals surface area contributed by atoms with Crippen LogP contribution in [0.15, 0.2) is 84.6 Å². The highest BCUT2D eigenvalue weighted by molar-refractivity contribution is 6.31. The van der Waals surface area contributed by atoms with Gasteiger partial charge in [0.25, 0.3) is 5.91 Å². The molecular weight excluding hydrogens is 586 g/mol. The third-order valence-corrected chi connectivity index (χ3v) is 9.30. The van der Waals surface area contributed by atoms with Crippen LogP contribution in [-0.4, -0.2) is 98.5 Å². The maximum absolute atomic E-state index is 14.4. The van der Waals surface area contributed by atoms with Gasteiger partial charge in [-0.2, -0.15) is 0 Å². The largest absolute Gasteiger partial charge is 0.379 e. The Morgan fingerprint density at radius 1 is 0.822 bits per heavy atom. The van der Waals surface area contributed by atoms with Crippen LogP contribution in [0.2, 0.25) is 5.02 Å². The predicted octanol–water partition coefficient (Wildman–Crippen LogP) is 4.47. The monoisotopic (exact) mass is 627 g/mol. The Labute approximate surface area is 271 Å². The molecule has 0 aliphatic carbocycles. The molecule has 0 spiro atoms. The number of carbonyl (C=O) groups is 2. The van der Waals surface area contributed by atoms with Gasteiger partial charge in [0.2, 0.25) is 0 Å². The zero-order chi connectivity index (χ0) is 31.2. The summed E-state index contributed by atoms with van der Waals surface area (Å²) in [7, 11) is 0. The number of rotatable bonds is 10. The highest BCUT2D eigenvalue weighted by atomic mass is 35.5. The lowest BCUT2D eigenvalue weighted by Gasteiger charge is -2.40. The number of piperazine rings is 1. The lowest BCUT2D eigenvalue weighted by molar-refractivity contribution is -0.124. The summed E-state index contributed by atoms with van der Waals surface area (Å²) < 4.78 is 5.50. The Morgan fingerprint density at radius 2 is 1.49 bits per heavy atom. The molecule has 1 amide bonds. The van der Waals surface area contributed by atoms with Crippen molar-refractivity contribution >= 4 is 34.6 Å². The highest BCUT2D eigenvalue weighted by Crippen LogP contribution is 2.37. The Bertz CT molecular complexity index is 1520. The fourth-order valence-corrected chi connectivity index (χ4v) is 6.71. The minimum Gasteiger partial charge on any atom is -0.379 e. The van der Waals surface area contributed by atoms with Crippen molar-refractivity contribution < 1.29 is 14.3 Å². The number of amides is 1. The molecule has 3 aliphatic heterocycles. The quantitative estimate of drug-likeness (QED) is 0.356. The van der Waals surface area contributed by atoms with Crippen LogP contribution >= 0.6 is 11.6 Å². The minimum atomic E-state index is -0.740. The lowest BCUT2D eigenvalue weighted by Crippen LogP contribution is -2.50. The maximum atomic E-state index is 14.4. The molecule has 236 valence electrons. The second-order valence-electron chi connectivity index (χ2n) is 12.0. The van der Waals surface area contributed by atoms with Crippen LogP contribution in [-0.2, 0) is 20.9 Å². The van der Waals surface area contributed by atoms with E-state index in [2.05, 4.69) is 31.0 Å². The van der Waals surface area contributed by atoms with E-state index in [1.807, 2.05) is 72.8 Å². The number of halogens is 1. The number of fused-ring (bicyclic) bond motifs is 1. The molecule has 0 radical (unpaired) electrons. The molecule has 9 heteroatoms. The molecule has 0 saturated carbocycles. The van der Waals surface area contributed by atoms with Gasteiger partial charge in [-0.3, -0.25) is 24.3 Å². The second kappa shape index (κ2) is 14.7. The molecule has 3 aliphatic rings. The summed E-state index contributed by atoms with van der Waals surface area (Å²) in [4.78, 5) is 36.9. The second-order valence-corrected chi connectivity index (χ2v) is 12.5. The minimum absolute atomic E-state index is 0.110. The third-order valence-electron chi connectivity index (χ3n) is 9.07. The summed E-state index contributed by atoms with van der Waals surface area (Å²) in [5.74, 6) is -0.363. The average Bonchev–Trinajstić information content (AvgIpc) is 3.07. The number of nitrogens with zero attached hydrogens (tertiary/aromatic N) is 4. The Morgan fingerprint density at radius 3 is 2.20 bits per heavy atom. The van der Waals surface area contributed by atoms with E-state index in [4.69, 9.17) is 16.3 Å². The first-order valence-electron chi connectivity index (χ1n) is 15.9. The molecule has 1 N–H and O–H groups in total. The van der Waals surface area contributed by atoms with Gasteiger partial charge in [0, 0.05) is 81.9 Å². The number of benzene rings is 3. The number of hydrogen-bond acceptors (Lipinski definition) is 7. The average molecular weight is 628 g/mol. The van der Waals surface area contributed by atoms with E-state index in [1.54, 1.807) is 0 Å². The molecular formula is C36H42ClN5O3. The van der Waals surface area contributed by atoms with Crippen LogP contribution in [0.4, 0.5) is 5.69 Å². The van der Waals surface area contributed by atoms with Crippen molar-refractivity contribution in [3.63, 3.8) is 0 Å². The van der Waals surface area contributed by atoms with Crippen molar-refractivity contribution in [2.24, 2.45) is 0 Å². The van der Waals surface area contributed by atoms with Gasteiger partial charge in [0.05, 0.1) is 18.8 Å². The summed E-state index contributed by atoms with van der Waals surface area (Å²) in [5, 5.41) is 3.75. The Hall–Kier alpha value is -3.53. The summed E-state index contributed by atoms with van der Waals surface area (Å²) in [5.41, 5.74) is 5.19. The van der Waals surface area contributed by atoms with Crippen molar-refractivity contribution in [2.75, 3.05) is 77.0 Å². The summed E-state index contributed by atoms with van der Waals surface area (Å²) in [6.45, 7) is 12.3. The van der Waals surface area contributed by atoms with Gasteiger partial charge in [0.1, 0.15) is 6.04 Å². The van der Waals surface area contributed by atoms with E-state index < -0.39 is 6.04 Å². The van der Waals surface area contributed by atoms with E-state index in [1.165, 1.54) is 6.92 Å². The SMILES string of the molecule is CC(=O)[C@@H](NC(=O)C1=C(CN2CCN(CCN3CCOCC3)CC2)N(c2cccc(Cl)c2)Cc2ccccc21)c1ccccc1. The van der Waals surface area contributed by atoms with E-state index in [0.29, 0.717) is 23.7 Å². The number of ether oxygens (including phenoxy) is 1. The number of Topliss-reactive ketones (excluding diaryl/α,β-unsaturated/α-hetero) is 1. The number of ketones is 1. The molecule has 6 rings (SSSR count). The van der Waals surface area contributed by atoms with Crippen molar-refractivity contribution in [3.8, 4) is 0 Å². The first kappa shape index (κ1) is 31.5. The predicted molar refractivity (Wildman–Crippen MR) is 179 cm³/mol. The normalized spacial score (nSPS) is 18.8. The lowest BCUT2D eigenvalue weighted by atomic mass is 9.91. The van der Waals surface area contributed by atoms with Crippen LogP contribution in [0.3, 0.4) is 0 Å². The molecule has 3 aromatic carbocycles. The van der Waals surface area contributed by atoms with Crippen LogP contribution in [0.5, 0.6) is 0 Å². The van der Waals surface area contributed by atoms with Crippen molar-refractivity contribution in [1.82, 2.24) is 20.0 Å². The van der Waals surface area contributed by atoms with Crippen LogP contribution in [0.25, 0.3) is 5.57 Å². The highest BCUT2D eigenvalue weighted by Gasteiger charge is 2.33. The third kappa shape index (κ3) is 7.65. The number of anilines is 1. The molecule has 8 nitrogen and oxygen atoms in total. The topological polar surface area (TPSA) is 68.4 Å². The van der Waals surface area contributed by atoms with Gasteiger partial charge in [-0.05, 0) is 41.8 Å². The van der Waals surface area contributed by atoms with E-state index in [0.717, 1.165) is 93.6 Å². The fourth-order valence-electron chi connectivity index (χ4n) is 6.53. The summed E-state index contributed by atoms with van der Waals surface area (Å²) in [6, 6.07) is 24.6. The summed E-state index contributed by atoms with van der Waals surface area (Å²) in [6.07, 6.45) is 0. The standard InChI is InChI=1S/C36H42ClN5O3/c1-27(43)35(28-8-3-2-4-9-28)38-36(44)34-32-13-6-5-10-29(32)25-42(31-12-7-11-30(37)24-31)33(34)26-41-18-16-39(17-19-41)14-15-40-20-22-45-23-21-40/h2-13,24,35H,14-23,25-26H2,1H3,(H,38,44)/t35-/m1/s1. The van der Waals surface area contributed by atoms with Crippen LogP contribution in [0.1, 0.15) is 29.7 Å². The first-order chi connectivity index (χ1) is 22.0. The number of carbonyl (C=O) groups excluding carboxylic acids is 2. The molecule has 3 heterocycles. The zero-order valence-electron chi connectivity index (χ0n) is 26.0. The zero-order valence-corrected chi connectivity index (χ0v) is 26.7. The fraction of sp³-hybridized carbons (Fsp3) is 0.389. The van der Waals surface area contributed by atoms with Gasteiger partial charge >= 0.3 is 0 Å². The van der Waals surface area contributed by atoms with Gasteiger partial charge in [-0.25, -0.2) is 0 Å². The molecule has 2 saturated heterocycles. The number of morpholine rings is 1. The van der Waals surface area contributed by atoms with Crippen molar-refractivity contribution in [3.05, 3.63) is 106 Å². The van der Waals surface area contributed by atoms with Crippen molar-refractivity contribution in [1.29, 1.82) is 0 Å². The van der Waals surface area contributed by atoms with Gasteiger partial charge < -0.3 is 15.0 Å². The summed E-state index contributed by atoms with van der Waals surface area (Å²) >= 11 is 6.49. The Balaban J connectivity index is 1.30. The molecule has 0 bridgehead atoms. The molecule has 0 unspecified atom stereocenters. The Kier molecular flexibility index (Phi) is 10.3. The number of nitrogens with one attached hydrogen (secondary N) is 1. The molecule has 3 aromatic rings. The van der Waals surface area contributed by atoms with Crippen molar-refractivity contribution in [2.45, 2.75) is 19.5 Å². The smallest absolute Gasteiger partial charge is 0.254 e. The first-order valence-corrected chi connectivity index (χ1v) is 16.3. The van der Waals surface area contributed by atoms with E-state index in [9.17, 15) is 9.59 Å². The van der Waals surface area contributed by atoms with Gasteiger partial charge in [-0.1, -0.05) is 72.3 Å². The molecule has 45 heavy (non-hydrogen) atoms. The van der Waals surface area contributed by atoms with Gasteiger partial charge in [-0.15, -0.1) is 0 Å². The molecule has 0 aromatic heterocycles. The van der Waals surface area contributed by atoms with Gasteiger partial charge in [0.15, 0.2) is 5.78 Å². The number of hydrogen-bond donors (Lipinski definition) is 1. The molecule has 1 atom stereocenters. The van der Waals surface area contributed by atoms with E-state index in [-0.39, 0.29) is 11.7 Å². The van der Waals surface area contributed by atoms with E-state index >= 15 is 0 Å². The van der Waals surface area contributed by atoms with Crippen LogP contribution in [0, 0.1) is 0 Å². The molecule has 2 fully saturated rings. The van der Waals surface area contributed by atoms with Crippen LogP contribution < -0.4 is 10.2 Å². The maximum Gasteiger partial charge on any atom is 0.254 e.